The SMILES string of the molecule is COC1=N[C@H](C(C)C)C(OC)=N[C@H]1Cc1ccc(Br)c2c1CCCO2. The molecule has 5 nitrogen and oxygen atoms in total. The first kappa shape index (κ1) is 18.2. The zero-order valence-corrected chi connectivity index (χ0v) is 16.8. The van der Waals surface area contributed by atoms with E-state index in [0.29, 0.717) is 17.7 Å². The molecule has 2 atom stereocenters. The predicted octanol–water partition coefficient (Wildman–Crippen LogP) is 3.81. The fourth-order valence-electron chi connectivity index (χ4n) is 3.39. The molecule has 0 radical (unpaired) electrons. The molecule has 0 fully saturated rings. The normalized spacial score (nSPS) is 22.6. The van der Waals surface area contributed by atoms with Gasteiger partial charge in [-0.3, -0.25) is 0 Å². The molecule has 0 saturated carbocycles. The minimum Gasteiger partial charge on any atom is -0.492 e. The summed E-state index contributed by atoms with van der Waals surface area (Å²) in [5, 5.41) is 0. The van der Waals surface area contributed by atoms with Crippen molar-refractivity contribution in [3.63, 3.8) is 0 Å². The van der Waals surface area contributed by atoms with Gasteiger partial charge in [0.2, 0.25) is 11.8 Å². The fourth-order valence-corrected chi connectivity index (χ4v) is 3.87. The van der Waals surface area contributed by atoms with Crippen molar-refractivity contribution in [2.75, 3.05) is 20.8 Å². The maximum atomic E-state index is 5.86. The molecule has 2 heterocycles. The highest BCUT2D eigenvalue weighted by atomic mass is 79.9. The summed E-state index contributed by atoms with van der Waals surface area (Å²) in [6, 6.07) is 3.94. The van der Waals surface area contributed by atoms with E-state index >= 15 is 0 Å². The van der Waals surface area contributed by atoms with E-state index in [9.17, 15) is 0 Å². The third-order valence-corrected chi connectivity index (χ3v) is 5.30. The van der Waals surface area contributed by atoms with Crippen LogP contribution in [-0.4, -0.2) is 44.7 Å². The first-order chi connectivity index (χ1) is 12.0. The van der Waals surface area contributed by atoms with E-state index in [1.807, 2.05) is 6.07 Å². The van der Waals surface area contributed by atoms with Crippen LogP contribution >= 0.6 is 15.9 Å². The zero-order chi connectivity index (χ0) is 18.0. The van der Waals surface area contributed by atoms with Gasteiger partial charge in [0.25, 0.3) is 0 Å². The number of ether oxygens (including phenoxy) is 3. The van der Waals surface area contributed by atoms with Gasteiger partial charge in [0.05, 0.1) is 25.3 Å². The molecule has 1 aromatic carbocycles. The average molecular weight is 409 g/mol. The Labute approximate surface area is 157 Å². The van der Waals surface area contributed by atoms with E-state index in [1.54, 1.807) is 14.2 Å². The van der Waals surface area contributed by atoms with Gasteiger partial charge >= 0.3 is 0 Å². The molecule has 0 spiro atoms. The first-order valence-corrected chi connectivity index (χ1v) is 9.50. The van der Waals surface area contributed by atoms with Crippen molar-refractivity contribution >= 4 is 27.7 Å². The molecule has 2 aliphatic rings. The highest BCUT2D eigenvalue weighted by Crippen LogP contribution is 2.36. The molecule has 0 amide bonds. The van der Waals surface area contributed by atoms with Crippen LogP contribution in [0.5, 0.6) is 5.75 Å². The summed E-state index contributed by atoms with van der Waals surface area (Å²) < 4.78 is 17.9. The molecule has 6 heteroatoms. The number of nitrogens with zero attached hydrogens (tertiary/aromatic N) is 2. The summed E-state index contributed by atoms with van der Waals surface area (Å²) in [5.41, 5.74) is 2.49. The topological polar surface area (TPSA) is 52.4 Å². The van der Waals surface area contributed by atoms with Crippen LogP contribution in [0.25, 0.3) is 0 Å². The molecule has 0 aliphatic carbocycles. The van der Waals surface area contributed by atoms with E-state index < -0.39 is 0 Å². The molecule has 136 valence electrons. The molecule has 0 aromatic heterocycles. The predicted molar refractivity (Wildman–Crippen MR) is 103 cm³/mol. The number of halogens is 1. The Bertz CT molecular complexity index is 700. The van der Waals surface area contributed by atoms with Gasteiger partial charge in [-0.25, -0.2) is 9.98 Å². The number of fused-ring (bicyclic) bond motifs is 1. The van der Waals surface area contributed by atoms with Crippen LogP contribution in [0.4, 0.5) is 0 Å². The Morgan fingerprint density at radius 3 is 2.64 bits per heavy atom. The highest BCUT2D eigenvalue weighted by molar-refractivity contribution is 9.10. The molecule has 3 rings (SSSR count). The van der Waals surface area contributed by atoms with Gasteiger partial charge in [-0.2, -0.15) is 0 Å². The quantitative estimate of drug-likeness (QED) is 0.763. The minimum absolute atomic E-state index is 0.0848. The van der Waals surface area contributed by atoms with Crippen LogP contribution in [0.15, 0.2) is 26.6 Å². The van der Waals surface area contributed by atoms with Crippen molar-refractivity contribution in [1.82, 2.24) is 0 Å². The molecule has 25 heavy (non-hydrogen) atoms. The monoisotopic (exact) mass is 408 g/mol. The largest absolute Gasteiger partial charge is 0.492 e. The molecular weight excluding hydrogens is 384 g/mol. The van der Waals surface area contributed by atoms with Crippen molar-refractivity contribution in [2.24, 2.45) is 15.9 Å². The Kier molecular flexibility index (Phi) is 5.67. The van der Waals surface area contributed by atoms with Crippen molar-refractivity contribution in [2.45, 2.75) is 45.2 Å². The lowest BCUT2D eigenvalue weighted by Gasteiger charge is -2.28. The summed E-state index contributed by atoms with van der Waals surface area (Å²) in [4.78, 5) is 9.57. The summed E-state index contributed by atoms with van der Waals surface area (Å²) in [6.07, 6.45) is 2.78. The minimum atomic E-state index is -0.165. The Hall–Kier alpha value is -1.56. The smallest absolute Gasteiger partial charge is 0.209 e. The second-order valence-electron chi connectivity index (χ2n) is 6.72. The molecule has 0 unspecified atom stereocenters. The third-order valence-electron chi connectivity index (χ3n) is 4.68. The number of methoxy groups -OCH3 is 2. The van der Waals surface area contributed by atoms with Gasteiger partial charge in [-0.05, 0) is 51.9 Å². The Morgan fingerprint density at radius 1 is 1.20 bits per heavy atom. The van der Waals surface area contributed by atoms with Crippen molar-refractivity contribution in [3.8, 4) is 5.75 Å². The van der Waals surface area contributed by atoms with E-state index in [-0.39, 0.29) is 12.1 Å². The number of aliphatic imine (C=N–C) groups is 2. The van der Waals surface area contributed by atoms with E-state index in [4.69, 9.17) is 24.2 Å². The van der Waals surface area contributed by atoms with Crippen LogP contribution in [-0.2, 0) is 22.3 Å². The van der Waals surface area contributed by atoms with Crippen molar-refractivity contribution in [3.05, 3.63) is 27.7 Å². The van der Waals surface area contributed by atoms with Gasteiger partial charge in [0, 0.05) is 6.42 Å². The lowest BCUT2D eigenvalue weighted by Crippen LogP contribution is -2.38. The van der Waals surface area contributed by atoms with Crippen molar-refractivity contribution < 1.29 is 14.2 Å². The van der Waals surface area contributed by atoms with Crippen LogP contribution < -0.4 is 4.74 Å². The van der Waals surface area contributed by atoms with Gasteiger partial charge < -0.3 is 14.2 Å². The molecule has 1 aromatic rings. The summed E-state index contributed by atoms with van der Waals surface area (Å²) in [6.45, 7) is 4.99. The molecule has 0 N–H and O–H groups in total. The van der Waals surface area contributed by atoms with Crippen molar-refractivity contribution in [1.29, 1.82) is 0 Å². The first-order valence-electron chi connectivity index (χ1n) is 8.71. The van der Waals surface area contributed by atoms with E-state index in [0.717, 1.165) is 36.1 Å². The van der Waals surface area contributed by atoms with Crippen LogP contribution in [0.1, 0.15) is 31.4 Å². The Balaban J connectivity index is 1.92. The summed E-state index contributed by atoms with van der Waals surface area (Å²) in [7, 11) is 3.32. The average Bonchev–Trinajstić information content (AvgIpc) is 2.63. The second-order valence-corrected chi connectivity index (χ2v) is 7.57. The maximum absolute atomic E-state index is 5.86. The van der Waals surface area contributed by atoms with E-state index in [1.165, 1.54) is 11.1 Å². The van der Waals surface area contributed by atoms with Gasteiger partial charge in [0.15, 0.2) is 0 Å². The number of hydrogen-bond acceptors (Lipinski definition) is 5. The number of hydrogen-bond donors (Lipinski definition) is 0. The number of benzene rings is 1. The second kappa shape index (κ2) is 7.77. The fraction of sp³-hybridized carbons (Fsp3) is 0.579. The number of rotatable bonds is 3. The van der Waals surface area contributed by atoms with Crippen LogP contribution in [0, 0.1) is 5.92 Å². The molecular formula is C19H25BrN2O3. The zero-order valence-electron chi connectivity index (χ0n) is 15.2. The van der Waals surface area contributed by atoms with Gasteiger partial charge in [-0.15, -0.1) is 0 Å². The van der Waals surface area contributed by atoms with Gasteiger partial charge in [0.1, 0.15) is 17.8 Å². The molecule has 0 saturated heterocycles. The lowest BCUT2D eigenvalue weighted by atomic mass is 9.94. The van der Waals surface area contributed by atoms with Gasteiger partial charge in [-0.1, -0.05) is 19.9 Å². The summed E-state index contributed by atoms with van der Waals surface area (Å²) >= 11 is 3.59. The lowest BCUT2D eigenvalue weighted by molar-refractivity contribution is 0.285. The molecule has 0 bridgehead atoms. The van der Waals surface area contributed by atoms with Crippen LogP contribution in [0.2, 0.25) is 0 Å². The highest BCUT2D eigenvalue weighted by Gasteiger charge is 2.32. The van der Waals surface area contributed by atoms with E-state index in [2.05, 4.69) is 35.8 Å². The standard InChI is InChI=1S/C19H25BrN2O3/c1-11(2)16-19(24-4)21-15(18(22-16)23-3)10-12-7-8-14(20)17-13(12)6-5-9-25-17/h7-8,11,15-16H,5-6,9-10H2,1-4H3/t15-,16+/m0/s1. The Morgan fingerprint density at radius 2 is 1.96 bits per heavy atom. The molecule has 2 aliphatic heterocycles. The van der Waals surface area contributed by atoms with Crippen LogP contribution in [0.3, 0.4) is 0 Å². The summed E-state index contributed by atoms with van der Waals surface area (Å²) in [5.74, 6) is 2.63. The maximum Gasteiger partial charge on any atom is 0.209 e. The third kappa shape index (κ3) is 3.68.